The van der Waals surface area contributed by atoms with Crippen molar-refractivity contribution in [2.24, 2.45) is 0 Å². The second-order valence-electron chi connectivity index (χ2n) is 5.78. The Morgan fingerprint density at radius 3 is 2.83 bits per heavy atom. The van der Waals surface area contributed by atoms with E-state index >= 15 is 0 Å². The molecule has 122 valence electrons. The van der Waals surface area contributed by atoms with Crippen molar-refractivity contribution < 1.29 is 9.21 Å². The van der Waals surface area contributed by atoms with Crippen molar-refractivity contribution in [3.8, 4) is 0 Å². The van der Waals surface area contributed by atoms with Crippen molar-refractivity contribution in [1.29, 1.82) is 0 Å². The highest BCUT2D eigenvalue weighted by Crippen LogP contribution is 2.29. The molecular formula is C18H22N2O2S. The summed E-state index contributed by atoms with van der Waals surface area (Å²) in [5, 5.41) is 3.03. The number of rotatable bonds is 8. The van der Waals surface area contributed by atoms with Gasteiger partial charge < -0.3 is 9.73 Å². The highest BCUT2D eigenvalue weighted by atomic mass is 32.2. The van der Waals surface area contributed by atoms with Gasteiger partial charge in [-0.15, -0.1) is 11.8 Å². The molecule has 1 fully saturated rings. The number of anilines is 1. The molecule has 2 aromatic rings. The van der Waals surface area contributed by atoms with Crippen LogP contribution in [0, 0.1) is 0 Å². The summed E-state index contributed by atoms with van der Waals surface area (Å²) in [5.41, 5.74) is 0.897. The van der Waals surface area contributed by atoms with E-state index < -0.39 is 0 Å². The van der Waals surface area contributed by atoms with Gasteiger partial charge in [-0.25, -0.2) is 0 Å². The fraction of sp³-hybridized carbons (Fsp3) is 0.389. The Labute approximate surface area is 141 Å². The summed E-state index contributed by atoms with van der Waals surface area (Å²) >= 11 is 1.64. The van der Waals surface area contributed by atoms with Gasteiger partial charge in [-0.05, 0) is 43.4 Å². The van der Waals surface area contributed by atoms with Gasteiger partial charge in [0.05, 0.1) is 18.5 Å². The zero-order chi connectivity index (χ0) is 16.1. The van der Waals surface area contributed by atoms with Crippen molar-refractivity contribution >= 4 is 23.4 Å². The van der Waals surface area contributed by atoms with Crippen LogP contribution >= 0.6 is 11.8 Å². The Morgan fingerprint density at radius 2 is 2.13 bits per heavy atom. The number of para-hydroxylation sites is 1. The number of hydrogen-bond acceptors (Lipinski definition) is 4. The van der Waals surface area contributed by atoms with E-state index in [2.05, 4.69) is 10.2 Å². The summed E-state index contributed by atoms with van der Waals surface area (Å²) in [6, 6.07) is 12.4. The van der Waals surface area contributed by atoms with Gasteiger partial charge in [0, 0.05) is 23.9 Å². The van der Waals surface area contributed by atoms with Gasteiger partial charge >= 0.3 is 0 Å². The van der Waals surface area contributed by atoms with Crippen LogP contribution in [0.2, 0.25) is 0 Å². The Bertz CT molecular complexity index is 638. The van der Waals surface area contributed by atoms with Gasteiger partial charge in [-0.2, -0.15) is 0 Å². The third kappa shape index (κ3) is 4.62. The van der Waals surface area contributed by atoms with Crippen LogP contribution in [0.25, 0.3) is 0 Å². The monoisotopic (exact) mass is 330 g/mol. The fourth-order valence-corrected chi connectivity index (χ4v) is 3.19. The van der Waals surface area contributed by atoms with Crippen LogP contribution in [-0.2, 0) is 11.3 Å². The molecule has 1 heterocycles. The predicted molar refractivity (Wildman–Crippen MR) is 93.6 cm³/mol. The van der Waals surface area contributed by atoms with E-state index in [-0.39, 0.29) is 5.91 Å². The lowest BCUT2D eigenvalue weighted by atomic mass is 10.3. The molecule has 3 rings (SSSR count). The molecule has 1 amide bonds. The number of hydrogen-bond donors (Lipinski definition) is 1. The van der Waals surface area contributed by atoms with E-state index in [9.17, 15) is 4.79 Å². The van der Waals surface area contributed by atoms with Gasteiger partial charge in [0.25, 0.3) is 0 Å². The molecule has 1 aromatic heterocycles. The molecule has 1 aliphatic carbocycles. The van der Waals surface area contributed by atoms with E-state index in [0.717, 1.165) is 29.4 Å². The van der Waals surface area contributed by atoms with E-state index in [1.165, 1.54) is 12.8 Å². The lowest BCUT2D eigenvalue weighted by molar-refractivity contribution is -0.116. The molecule has 0 saturated heterocycles. The highest BCUT2D eigenvalue weighted by molar-refractivity contribution is 7.98. The second kappa shape index (κ2) is 7.70. The summed E-state index contributed by atoms with van der Waals surface area (Å²) in [4.78, 5) is 15.7. The van der Waals surface area contributed by atoms with Gasteiger partial charge in [-0.3, -0.25) is 9.69 Å². The molecule has 0 bridgehead atoms. The number of benzene rings is 1. The minimum atomic E-state index is 0.0663. The lowest BCUT2D eigenvalue weighted by Gasteiger charge is -2.20. The Hall–Kier alpha value is -1.72. The molecule has 0 atom stereocenters. The fourth-order valence-electron chi connectivity index (χ4n) is 2.64. The predicted octanol–water partition coefficient (Wildman–Crippen LogP) is 3.99. The van der Waals surface area contributed by atoms with Crippen LogP contribution in [0.5, 0.6) is 0 Å². The van der Waals surface area contributed by atoms with Crippen molar-refractivity contribution in [3.05, 3.63) is 48.4 Å². The molecule has 1 N–H and O–H groups in total. The van der Waals surface area contributed by atoms with E-state index in [1.54, 1.807) is 18.0 Å². The minimum Gasteiger partial charge on any atom is -0.468 e. The zero-order valence-corrected chi connectivity index (χ0v) is 14.1. The number of carbonyl (C=O) groups excluding carboxylic acids is 1. The van der Waals surface area contributed by atoms with Gasteiger partial charge in [0.2, 0.25) is 5.91 Å². The molecule has 4 nitrogen and oxygen atoms in total. The Balaban J connectivity index is 1.52. The number of nitrogens with zero attached hydrogens (tertiary/aromatic N) is 1. The molecule has 5 heteroatoms. The van der Waals surface area contributed by atoms with Gasteiger partial charge in [-0.1, -0.05) is 12.1 Å². The van der Waals surface area contributed by atoms with Crippen molar-refractivity contribution in [1.82, 2.24) is 4.90 Å². The van der Waals surface area contributed by atoms with Crippen LogP contribution < -0.4 is 5.32 Å². The van der Waals surface area contributed by atoms with Crippen LogP contribution in [-0.4, -0.2) is 29.6 Å². The minimum absolute atomic E-state index is 0.0663. The van der Waals surface area contributed by atoms with Crippen molar-refractivity contribution in [3.63, 3.8) is 0 Å². The standard InChI is InChI=1S/C18H22N2O2S/c1-23-17-7-3-2-6-16(17)19-18(21)10-11-20(14-8-9-14)13-15-5-4-12-22-15/h2-7,12,14H,8-11,13H2,1H3,(H,19,21). The number of amides is 1. The number of carbonyl (C=O) groups is 1. The largest absolute Gasteiger partial charge is 0.468 e. The molecule has 0 spiro atoms. The quantitative estimate of drug-likeness (QED) is 0.743. The maximum Gasteiger partial charge on any atom is 0.225 e. The van der Waals surface area contributed by atoms with Crippen molar-refractivity contribution in [2.45, 2.75) is 36.7 Å². The molecule has 0 unspecified atom stereocenters. The summed E-state index contributed by atoms with van der Waals surface area (Å²) in [7, 11) is 0. The third-order valence-corrected chi connectivity index (χ3v) is 4.81. The van der Waals surface area contributed by atoms with Crippen molar-refractivity contribution in [2.75, 3.05) is 18.1 Å². The lowest BCUT2D eigenvalue weighted by Crippen LogP contribution is -2.29. The highest BCUT2D eigenvalue weighted by Gasteiger charge is 2.29. The van der Waals surface area contributed by atoms with Crippen LogP contribution in [0.4, 0.5) is 5.69 Å². The topological polar surface area (TPSA) is 45.5 Å². The van der Waals surface area contributed by atoms with Crippen LogP contribution in [0.1, 0.15) is 25.0 Å². The van der Waals surface area contributed by atoms with Gasteiger partial charge in [0.1, 0.15) is 5.76 Å². The third-order valence-electron chi connectivity index (χ3n) is 4.01. The number of thioether (sulfide) groups is 1. The molecule has 23 heavy (non-hydrogen) atoms. The zero-order valence-electron chi connectivity index (χ0n) is 13.3. The average Bonchev–Trinajstić information content (AvgIpc) is 3.29. The first kappa shape index (κ1) is 16.1. The van der Waals surface area contributed by atoms with Gasteiger partial charge in [0.15, 0.2) is 0 Å². The smallest absolute Gasteiger partial charge is 0.225 e. The molecule has 1 saturated carbocycles. The average molecular weight is 330 g/mol. The summed E-state index contributed by atoms with van der Waals surface area (Å²) in [6.07, 6.45) is 6.66. The van der Waals surface area contributed by atoms with E-state index in [4.69, 9.17) is 4.42 Å². The summed E-state index contributed by atoms with van der Waals surface area (Å²) in [6.45, 7) is 1.55. The SMILES string of the molecule is CSc1ccccc1NC(=O)CCN(Cc1ccco1)C1CC1. The van der Waals surface area contributed by atoms with Crippen LogP contribution in [0.15, 0.2) is 52.0 Å². The Kier molecular flexibility index (Phi) is 5.41. The second-order valence-corrected chi connectivity index (χ2v) is 6.63. The molecule has 0 radical (unpaired) electrons. The maximum atomic E-state index is 12.3. The Morgan fingerprint density at radius 1 is 1.30 bits per heavy atom. The summed E-state index contributed by atoms with van der Waals surface area (Å²) in [5.74, 6) is 1.03. The number of nitrogens with one attached hydrogen (secondary N) is 1. The normalized spacial score (nSPS) is 14.2. The van der Waals surface area contributed by atoms with E-state index in [0.29, 0.717) is 12.5 Å². The molecule has 1 aliphatic rings. The molecule has 1 aromatic carbocycles. The maximum absolute atomic E-state index is 12.3. The summed E-state index contributed by atoms with van der Waals surface area (Å²) < 4.78 is 5.43. The number of furan rings is 1. The van der Waals surface area contributed by atoms with E-state index in [1.807, 2.05) is 42.7 Å². The first-order valence-electron chi connectivity index (χ1n) is 7.95. The van der Waals surface area contributed by atoms with Crippen LogP contribution in [0.3, 0.4) is 0 Å². The first-order valence-corrected chi connectivity index (χ1v) is 9.18. The first-order chi connectivity index (χ1) is 11.3. The molecular weight excluding hydrogens is 308 g/mol. The molecule has 0 aliphatic heterocycles.